The molecule has 0 fully saturated rings. The van der Waals surface area contributed by atoms with E-state index < -0.39 is 6.04 Å². The third-order valence-corrected chi connectivity index (χ3v) is 2.13. The Labute approximate surface area is 89.3 Å². The molecule has 0 saturated heterocycles. The van der Waals surface area contributed by atoms with Crippen LogP contribution in [0, 0.1) is 0 Å². The number of amides is 1. The van der Waals surface area contributed by atoms with Gasteiger partial charge in [0.05, 0.1) is 6.04 Å². The predicted molar refractivity (Wildman–Crippen MR) is 59.8 cm³/mol. The zero-order chi connectivity index (χ0) is 11.4. The fraction of sp³-hybridized carbons (Fsp3) is 0.364. The van der Waals surface area contributed by atoms with Crippen molar-refractivity contribution in [2.75, 3.05) is 11.4 Å². The van der Waals surface area contributed by atoms with Gasteiger partial charge in [0.1, 0.15) is 5.75 Å². The van der Waals surface area contributed by atoms with Crippen molar-refractivity contribution in [3.05, 3.63) is 24.3 Å². The van der Waals surface area contributed by atoms with Crippen LogP contribution in [0.5, 0.6) is 5.75 Å². The number of rotatable bonds is 3. The molecule has 1 amide bonds. The van der Waals surface area contributed by atoms with E-state index >= 15 is 0 Å². The molecule has 4 heteroatoms. The first kappa shape index (κ1) is 11.5. The standard InChI is InChI=1S/C11H16N2O2/c1-3-13(11(15)8(2)12)9-4-6-10(14)7-5-9/h4-8,14H,3,12H2,1-2H3/t8-/m0/s1. The second kappa shape index (κ2) is 4.79. The van der Waals surface area contributed by atoms with Gasteiger partial charge in [0.2, 0.25) is 5.91 Å². The van der Waals surface area contributed by atoms with Crippen molar-refractivity contribution in [2.45, 2.75) is 19.9 Å². The van der Waals surface area contributed by atoms with Gasteiger partial charge in [-0.25, -0.2) is 0 Å². The third kappa shape index (κ3) is 2.70. The van der Waals surface area contributed by atoms with Crippen molar-refractivity contribution in [3.63, 3.8) is 0 Å². The van der Waals surface area contributed by atoms with E-state index in [0.29, 0.717) is 6.54 Å². The minimum absolute atomic E-state index is 0.122. The molecular formula is C11H16N2O2. The fourth-order valence-corrected chi connectivity index (χ4v) is 1.34. The number of anilines is 1. The molecule has 0 aliphatic rings. The quantitative estimate of drug-likeness (QED) is 0.781. The van der Waals surface area contributed by atoms with Gasteiger partial charge in [0.25, 0.3) is 0 Å². The van der Waals surface area contributed by atoms with Crippen molar-refractivity contribution < 1.29 is 9.90 Å². The van der Waals surface area contributed by atoms with Crippen LogP contribution in [-0.2, 0) is 4.79 Å². The van der Waals surface area contributed by atoms with Crippen LogP contribution in [0.2, 0.25) is 0 Å². The summed E-state index contributed by atoms with van der Waals surface area (Å²) in [7, 11) is 0. The van der Waals surface area contributed by atoms with E-state index in [0.717, 1.165) is 5.69 Å². The average molecular weight is 208 g/mol. The van der Waals surface area contributed by atoms with E-state index in [1.54, 1.807) is 36.1 Å². The van der Waals surface area contributed by atoms with Gasteiger partial charge in [-0.2, -0.15) is 0 Å². The Balaban J connectivity index is 2.92. The third-order valence-electron chi connectivity index (χ3n) is 2.13. The van der Waals surface area contributed by atoms with Gasteiger partial charge in [-0.15, -0.1) is 0 Å². The maximum absolute atomic E-state index is 11.7. The topological polar surface area (TPSA) is 66.6 Å². The number of hydrogen-bond acceptors (Lipinski definition) is 3. The second-order valence-corrected chi connectivity index (χ2v) is 3.39. The number of nitrogens with zero attached hydrogens (tertiary/aromatic N) is 1. The highest BCUT2D eigenvalue weighted by Gasteiger charge is 2.17. The molecule has 0 bridgehead atoms. The molecule has 4 nitrogen and oxygen atoms in total. The Hall–Kier alpha value is -1.55. The van der Waals surface area contributed by atoms with Gasteiger partial charge in [0.15, 0.2) is 0 Å². The maximum Gasteiger partial charge on any atom is 0.243 e. The second-order valence-electron chi connectivity index (χ2n) is 3.39. The van der Waals surface area contributed by atoms with Gasteiger partial charge < -0.3 is 15.7 Å². The molecule has 0 aromatic heterocycles. The average Bonchev–Trinajstić information content (AvgIpc) is 2.21. The molecule has 1 rings (SSSR count). The predicted octanol–water partition coefficient (Wildman–Crippen LogP) is 1.09. The molecular weight excluding hydrogens is 192 g/mol. The van der Waals surface area contributed by atoms with Gasteiger partial charge in [-0.3, -0.25) is 4.79 Å². The molecule has 1 aromatic rings. The number of phenolic OH excluding ortho intramolecular Hbond substituents is 1. The van der Waals surface area contributed by atoms with Crippen LogP contribution in [0.25, 0.3) is 0 Å². The summed E-state index contributed by atoms with van der Waals surface area (Å²) >= 11 is 0. The molecule has 0 radical (unpaired) electrons. The Kier molecular flexibility index (Phi) is 3.68. The Bertz CT molecular complexity index is 333. The largest absolute Gasteiger partial charge is 0.508 e. The Morgan fingerprint density at radius 2 is 2.00 bits per heavy atom. The molecule has 1 aromatic carbocycles. The van der Waals surface area contributed by atoms with E-state index in [4.69, 9.17) is 10.8 Å². The summed E-state index contributed by atoms with van der Waals surface area (Å²) in [6.45, 7) is 4.10. The van der Waals surface area contributed by atoms with Crippen molar-refractivity contribution in [1.82, 2.24) is 0 Å². The van der Waals surface area contributed by atoms with E-state index in [1.165, 1.54) is 0 Å². The summed E-state index contributed by atoms with van der Waals surface area (Å²) in [5.74, 6) is 0.0613. The van der Waals surface area contributed by atoms with Gasteiger partial charge in [-0.05, 0) is 38.1 Å². The lowest BCUT2D eigenvalue weighted by molar-refractivity contribution is -0.119. The number of phenols is 1. The fourth-order valence-electron chi connectivity index (χ4n) is 1.34. The van der Waals surface area contributed by atoms with Crippen LogP contribution < -0.4 is 10.6 Å². The van der Waals surface area contributed by atoms with Gasteiger partial charge in [-0.1, -0.05) is 0 Å². The molecule has 0 heterocycles. The lowest BCUT2D eigenvalue weighted by atomic mass is 10.2. The summed E-state index contributed by atoms with van der Waals surface area (Å²) in [4.78, 5) is 13.3. The first-order valence-corrected chi connectivity index (χ1v) is 4.92. The molecule has 82 valence electrons. The highest BCUT2D eigenvalue weighted by Crippen LogP contribution is 2.18. The zero-order valence-electron chi connectivity index (χ0n) is 8.97. The molecule has 0 spiro atoms. The lowest BCUT2D eigenvalue weighted by Crippen LogP contribution is -2.42. The molecule has 3 N–H and O–H groups in total. The van der Waals surface area contributed by atoms with E-state index in [-0.39, 0.29) is 11.7 Å². The highest BCUT2D eigenvalue weighted by atomic mass is 16.3. The maximum atomic E-state index is 11.7. The number of hydrogen-bond donors (Lipinski definition) is 2. The van der Waals surface area contributed by atoms with Crippen LogP contribution in [0.4, 0.5) is 5.69 Å². The van der Waals surface area contributed by atoms with Crippen molar-refractivity contribution >= 4 is 11.6 Å². The van der Waals surface area contributed by atoms with E-state index in [2.05, 4.69) is 0 Å². The summed E-state index contributed by atoms with van der Waals surface area (Å²) < 4.78 is 0. The van der Waals surface area contributed by atoms with Crippen LogP contribution in [0.3, 0.4) is 0 Å². The number of benzene rings is 1. The normalized spacial score (nSPS) is 12.2. The first-order chi connectivity index (χ1) is 7.06. The highest BCUT2D eigenvalue weighted by molar-refractivity contribution is 5.96. The lowest BCUT2D eigenvalue weighted by Gasteiger charge is -2.22. The van der Waals surface area contributed by atoms with Crippen LogP contribution in [0.1, 0.15) is 13.8 Å². The SMILES string of the molecule is CCN(C(=O)[C@H](C)N)c1ccc(O)cc1. The number of likely N-dealkylation sites (N-methyl/N-ethyl adjacent to an activating group) is 1. The Morgan fingerprint density at radius 1 is 1.47 bits per heavy atom. The van der Waals surface area contributed by atoms with Crippen LogP contribution >= 0.6 is 0 Å². The molecule has 0 aliphatic carbocycles. The van der Waals surface area contributed by atoms with Crippen LogP contribution in [-0.4, -0.2) is 23.6 Å². The minimum Gasteiger partial charge on any atom is -0.508 e. The van der Waals surface area contributed by atoms with Gasteiger partial charge >= 0.3 is 0 Å². The monoisotopic (exact) mass is 208 g/mol. The molecule has 0 unspecified atom stereocenters. The van der Waals surface area contributed by atoms with Crippen molar-refractivity contribution in [2.24, 2.45) is 5.73 Å². The van der Waals surface area contributed by atoms with Crippen LogP contribution in [0.15, 0.2) is 24.3 Å². The first-order valence-electron chi connectivity index (χ1n) is 4.92. The molecule has 0 aliphatic heterocycles. The molecule has 1 atom stereocenters. The number of carbonyl (C=O) groups is 1. The summed E-state index contributed by atoms with van der Waals surface area (Å²) in [5.41, 5.74) is 6.29. The molecule has 15 heavy (non-hydrogen) atoms. The number of aromatic hydroxyl groups is 1. The smallest absolute Gasteiger partial charge is 0.243 e. The summed E-state index contributed by atoms with van der Waals surface area (Å²) in [5, 5.41) is 9.13. The van der Waals surface area contributed by atoms with Crippen molar-refractivity contribution in [1.29, 1.82) is 0 Å². The molecule has 0 saturated carbocycles. The Morgan fingerprint density at radius 3 is 2.40 bits per heavy atom. The van der Waals surface area contributed by atoms with Crippen molar-refractivity contribution in [3.8, 4) is 5.75 Å². The zero-order valence-corrected chi connectivity index (χ0v) is 8.97. The number of carbonyl (C=O) groups excluding carboxylic acids is 1. The van der Waals surface area contributed by atoms with Gasteiger partial charge in [0, 0.05) is 12.2 Å². The van der Waals surface area contributed by atoms with E-state index in [1.807, 2.05) is 6.92 Å². The summed E-state index contributed by atoms with van der Waals surface area (Å²) in [6, 6.07) is 5.97. The minimum atomic E-state index is -0.515. The van der Waals surface area contributed by atoms with E-state index in [9.17, 15) is 4.79 Å². The number of nitrogens with two attached hydrogens (primary N) is 1. The summed E-state index contributed by atoms with van der Waals surface area (Å²) in [6.07, 6.45) is 0.